The summed E-state index contributed by atoms with van der Waals surface area (Å²) in [6.07, 6.45) is 6.36. The number of carbonyl (C=O) groups excluding carboxylic acids is 1. The van der Waals surface area contributed by atoms with Crippen molar-refractivity contribution in [2.24, 2.45) is 5.92 Å². The number of hydrogen-bond donors (Lipinski definition) is 1. The van der Waals surface area contributed by atoms with Gasteiger partial charge in [0, 0.05) is 19.6 Å². The number of nitrogens with one attached hydrogen (secondary N) is 1. The average molecular weight is 306 g/mol. The molecule has 0 aromatic carbocycles. The molecular formula is C18H30N2O2. The molecule has 2 rings (SSSR count). The van der Waals surface area contributed by atoms with E-state index < -0.39 is 5.60 Å². The lowest BCUT2D eigenvalue weighted by Gasteiger charge is -2.37. The Bertz CT molecular complexity index is 474. The Morgan fingerprint density at radius 3 is 2.82 bits per heavy atom. The Hall–Kier alpha value is -1.29. The summed E-state index contributed by atoms with van der Waals surface area (Å²) >= 11 is 0. The molecular weight excluding hydrogens is 276 g/mol. The van der Waals surface area contributed by atoms with Crippen LogP contribution in [0, 0.1) is 5.92 Å². The maximum absolute atomic E-state index is 12.6. The molecule has 2 heterocycles. The second-order valence-electron chi connectivity index (χ2n) is 7.26. The maximum atomic E-state index is 12.6. The average Bonchev–Trinajstić information content (AvgIpc) is 2.57. The molecule has 0 saturated carbocycles. The lowest BCUT2D eigenvalue weighted by atomic mass is 9.87. The van der Waals surface area contributed by atoms with Gasteiger partial charge in [-0.1, -0.05) is 26.0 Å². The van der Waals surface area contributed by atoms with E-state index in [-0.39, 0.29) is 12.1 Å². The van der Waals surface area contributed by atoms with Crippen molar-refractivity contribution in [1.82, 2.24) is 10.2 Å². The van der Waals surface area contributed by atoms with Crippen molar-refractivity contribution in [3.63, 3.8) is 0 Å². The van der Waals surface area contributed by atoms with Crippen LogP contribution in [-0.4, -0.2) is 42.3 Å². The third-order valence-corrected chi connectivity index (χ3v) is 4.17. The Labute approximate surface area is 134 Å². The van der Waals surface area contributed by atoms with E-state index >= 15 is 0 Å². The van der Waals surface area contributed by atoms with Gasteiger partial charge in [0.05, 0.1) is 6.04 Å². The summed E-state index contributed by atoms with van der Waals surface area (Å²) < 4.78 is 5.60. The van der Waals surface area contributed by atoms with Gasteiger partial charge < -0.3 is 10.1 Å². The second-order valence-corrected chi connectivity index (χ2v) is 7.26. The third kappa shape index (κ3) is 3.92. The second kappa shape index (κ2) is 6.86. The molecule has 0 aliphatic carbocycles. The number of ether oxygens (including phenoxy) is 1. The fourth-order valence-electron chi connectivity index (χ4n) is 3.26. The highest BCUT2D eigenvalue weighted by Crippen LogP contribution is 2.32. The molecule has 0 radical (unpaired) electrons. The summed E-state index contributed by atoms with van der Waals surface area (Å²) in [5, 5.41) is 3.50. The highest BCUT2D eigenvalue weighted by molar-refractivity contribution is 5.70. The largest absolute Gasteiger partial charge is 0.444 e. The Morgan fingerprint density at radius 2 is 2.18 bits per heavy atom. The molecule has 22 heavy (non-hydrogen) atoms. The van der Waals surface area contributed by atoms with E-state index in [1.165, 1.54) is 11.1 Å². The first-order chi connectivity index (χ1) is 10.3. The van der Waals surface area contributed by atoms with E-state index in [2.05, 4.69) is 31.3 Å². The van der Waals surface area contributed by atoms with Gasteiger partial charge in [0.1, 0.15) is 5.60 Å². The van der Waals surface area contributed by atoms with Crippen LogP contribution in [0.5, 0.6) is 0 Å². The number of rotatable bonds is 1. The van der Waals surface area contributed by atoms with Crippen molar-refractivity contribution in [2.75, 3.05) is 19.6 Å². The maximum Gasteiger partial charge on any atom is 0.410 e. The first-order valence-electron chi connectivity index (χ1n) is 8.44. The molecule has 2 atom stereocenters. The highest BCUT2D eigenvalue weighted by atomic mass is 16.6. The summed E-state index contributed by atoms with van der Waals surface area (Å²) in [5.41, 5.74) is 2.26. The van der Waals surface area contributed by atoms with E-state index in [1.54, 1.807) is 0 Å². The Morgan fingerprint density at radius 1 is 1.45 bits per heavy atom. The quantitative estimate of drug-likeness (QED) is 0.806. The van der Waals surface area contributed by atoms with Crippen LogP contribution in [0.1, 0.15) is 47.5 Å². The zero-order chi connectivity index (χ0) is 16.3. The van der Waals surface area contributed by atoms with Crippen LogP contribution in [0.15, 0.2) is 23.3 Å². The van der Waals surface area contributed by atoms with Crippen LogP contribution in [0.4, 0.5) is 4.79 Å². The Kier molecular flexibility index (Phi) is 5.32. The summed E-state index contributed by atoms with van der Waals surface area (Å²) in [4.78, 5) is 14.5. The van der Waals surface area contributed by atoms with Crippen molar-refractivity contribution in [1.29, 1.82) is 0 Å². The fourth-order valence-corrected chi connectivity index (χ4v) is 3.26. The van der Waals surface area contributed by atoms with Gasteiger partial charge in [-0.25, -0.2) is 4.79 Å². The van der Waals surface area contributed by atoms with E-state index in [0.29, 0.717) is 5.92 Å². The Balaban J connectivity index is 2.26. The normalized spacial score (nSPS) is 28.0. The predicted molar refractivity (Wildman–Crippen MR) is 89.8 cm³/mol. The van der Waals surface area contributed by atoms with E-state index in [0.717, 1.165) is 32.5 Å². The zero-order valence-corrected chi connectivity index (χ0v) is 14.6. The highest BCUT2D eigenvalue weighted by Gasteiger charge is 2.35. The third-order valence-electron chi connectivity index (χ3n) is 4.17. The van der Waals surface area contributed by atoms with Gasteiger partial charge in [-0.15, -0.1) is 0 Å². The van der Waals surface area contributed by atoms with E-state index in [9.17, 15) is 4.79 Å². The first-order valence-corrected chi connectivity index (χ1v) is 8.44. The van der Waals surface area contributed by atoms with E-state index in [1.807, 2.05) is 25.7 Å². The molecule has 4 nitrogen and oxygen atoms in total. The molecule has 0 bridgehead atoms. The van der Waals surface area contributed by atoms with Gasteiger partial charge >= 0.3 is 6.09 Å². The summed E-state index contributed by atoms with van der Waals surface area (Å²) in [7, 11) is 0. The zero-order valence-electron chi connectivity index (χ0n) is 14.6. The van der Waals surface area contributed by atoms with Crippen molar-refractivity contribution in [3.05, 3.63) is 23.3 Å². The number of hydrogen-bond acceptors (Lipinski definition) is 3. The van der Waals surface area contributed by atoms with Crippen LogP contribution >= 0.6 is 0 Å². The molecule has 124 valence electrons. The van der Waals surface area contributed by atoms with E-state index in [4.69, 9.17) is 4.74 Å². The topological polar surface area (TPSA) is 41.6 Å². The molecule has 0 aromatic heterocycles. The lowest BCUT2D eigenvalue weighted by molar-refractivity contribution is 0.0186. The van der Waals surface area contributed by atoms with Crippen LogP contribution in [0.25, 0.3) is 0 Å². The molecule has 0 spiro atoms. The van der Waals surface area contributed by atoms with Crippen molar-refractivity contribution >= 4 is 6.09 Å². The first kappa shape index (κ1) is 17.1. The summed E-state index contributed by atoms with van der Waals surface area (Å²) in [6.45, 7) is 12.7. The molecule has 4 heteroatoms. The molecule has 2 unspecified atom stereocenters. The van der Waals surface area contributed by atoms with Crippen molar-refractivity contribution in [2.45, 2.75) is 59.1 Å². The molecule has 2 aliphatic rings. The lowest BCUT2D eigenvalue weighted by Crippen LogP contribution is -2.49. The van der Waals surface area contributed by atoms with Gasteiger partial charge in [-0.05, 0) is 50.7 Å². The molecule has 2 aliphatic heterocycles. The number of allylic oxidation sites excluding steroid dienone is 1. The SMILES string of the molecule is CCC=C1C2=CCCN(C(=O)OC(C)(C)C)C2CNCC1C. The van der Waals surface area contributed by atoms with Gasteiger partial charge in [-0.3, -0.25) is 4.90 Å². The molecule has 1 N–H and O–H groups in total. The molecule has 1 fully saturated rings. The van der Waals surface area contributed by atoms with Crippen molar-refractivity contribution in [3.8, 4) is 0 Å². The van der Waals surface area contributed by atoms with Crippen LogP contribution in [-0.2, 0) is 4.74 Å². The molecule has 1 amide bonds. The molecule has 1 saturated heterocycles. The van der Waals surface area contributed by atoms with Crippen molar-refractivity contribution < 1.29 is 9.53 Å². The van der Waals surface area contributed by atoms with Crippen LogP contribution in [0.3, 0.4) is 0 Å². The number of nitrogens with zero attached hydrogens (tertiary/aromatic N) is 1. The number of fused-ring (bicyclic) bond motifs is 1. The minimum atomic E-state index is -0.452. The minimum Gasteiger partial charge on any atom is -0.444 e. The molecule has 0 aromatic rings. The summed E-state index contributed by atoms with van der Waals surface area (Å²) in [6, 6.07) is 0.0892. The standard InChI is InChI=1S/C18H30N2O2/c1-6-8-14-13(2)11-19-12-16-15(14)9-7-10-20(16)17(21)22-18(3,4)5/h8-9,13,16,19H,6-7,10-12H2,1-5H3. The van der Waals surface area contributed by atoms with Gasteiger partial charge in [0.25, 0.3) is 0 Å². The minimum absolute atomic E-state index is 0.0892. The predicted octanol–water partition coefficient (Wildman–Crippen LogP) is 3.50. The fraction of sp³-hybridized carbons (Fsp3) is 0.722. The van der Waals surface area contributed by atoms with Gasteiger partial charge in [0.15, 0.2) is 0 Å². The van der Waals surface area contributed by atoms with Crippen LogP contribution in [0.2, 0.25) is 0 Å². The number of carbonyl (C=O) groups is 1. The monoisotopic (exact) mass is 306 g/mol. The van der Waals surface area contributed by atoms with Gasteiger partial charge in [-0.2, -0.15) is 0 Å². The van der Waals surface area contributed by atoms with Crippen LogP contribution < -0.4 is 5.32 Å². The summed E-state index contributed by atoms with van der Waals surface area (Å²) in [5.74, 6) is 0.481. The van der Waals surface area contributed by atoms with Gasteiger partial charge in [0.2, 0.25) is 0 Å². The smallest absolute Gasteiger partial charge is 0.410 e. The number of amides is 1.